The predicted octanol–water partition coefficient (Wildman–Crippen LogP) is 2.49. The van der Waals surface area contributed by atoms with Gasteiger partial charge in [0.2, 0.25) is 15.9 Å². The normalized spacial score (nSPS) is 18.9. The largest absolute Gasteiger partial charge is 0.347 e. The fourth-order valence-electron chi connectivity index (χ4n) is 4.65. The summed E-state index contributed by atoms with van der Waals surface area (Å²) in [7, 11) is -4.02. The minimum Gasteiger partial charge on any atom is -0.347 e. The van der Waals surface area contributed by atoms with Crippen LogP contribution in [-0.4, -0.2) is 62.3 Å². The van der Waals surface area contributed by atoms with E-state index in [1.54, 1.807) is 23.2 Å². The van der Waals surface area contributed by atoms with Crippen molar-refractivity contribution in [3.63, 3.8) is 0 Å². The molecular weight excluding hydrogens is 454 g/mol. The number of carbonyl (C=O) groups excluding carboxylic acids is 1. The van der Waals surface area contributed by atoms with Crippen LogP contribution in [0.4, 0.5) is 0 Å². The number of pyridine rings is 1. The number of fused-ring (bicyclic) bond motifs is 1. The summed E-state index contributed by atoms with van der Waals surface area (Å²) in [6, 6.07) is 17.0. The number of likely N-dealkylation sites (tertiary alicyclic amines) is 1. The highest BCUT2D eigenvalue weighted by atomic mass is 32.2. The number of aromatic nitrogens is 1. The second kappa shape index (κ2) is 9.42. The van der Waals surface area contributed by atoms with Crippen molar-refractivity contribution in [3.05, 3.63) is 72.4 Å². The van der Waals surface area contributed by atoms with Gasteiger partial charge >= 0.3 is 0 Å². The molecule has 178 valence electrons. The van der Waals surface area contributed by atoms with Crippen LogP contribution in [-0.2, 0) is 30.7 Å². The standard InChI is InChI=1S/C25H27N3O5S/c29-24(28-14-11-25(12-15-28)32-16-17-33-25)21(18-19-6-2-1-3-7-19)27-34(30,31)22-10-4-8-20-9-5-13-26-23(20)22/h1-10,13,21,27H,11-12,14-18H2/t21-/m0/s1. The number of hydrogen-bond acceptors (Lipinski definition) is 6. The van der Waals surface area contributed by atoms with E-state index in [4.69, 9.17) is 9.47 Å². The van der Waals surface area contributed by atoms with Crippen molar-refractivity contribution in [2.24, 2.45) is 0 Å². The van der Waals surface area contributed by atoms with E-state index in [9.17, 15) is 13.2 Å². The maximum absolute atomic E-state index is 13.6. The molecular formula is C25H27N3O5S. The third kappa shape index (κ3) is 4.69. The average Bonchev–Trinajstić information content (AvgIpc) is 3.31. The van der Waals surface area contributed by atoms with Crippen LogP contribution in [0.2, 0.25) is 0 Å². The molecule has 8 nitrogen and oxygen atoms in total. The number of benzene rings is 2. The second-order valence-electron chi connectivity index (χ2n) is 8.63. The number of nitrogens with zero attached hydrogens (tertiary/aromatic N) is 2. The molecule has 0 aliphatic carbocycles. The summed E-state index contributed by atoms with van der Waals surface area (Å²) < 4.78 is 41.2. The van der Waals surface area contributed by atoms with Gasteiger partial charge in [-0.1, -0.05) is 48.5 Å². The highest BCUT2D eigenvalue weighted by Crippen LogP contribution is 2.31. The molecule has 1 atom stereocenters. The minimum atomic E-state index is -4.02. The SMILES string of the molecule is O=C([C@H](Cc1ccccc1)NS(=O)(=O)c1cccc2cccnc12)N1CCC2(CC1)OCCO2. The number of amides is 1. The van der Waals surface area contributed by atoms with Crippen molar-refractivity contribution >= 4 is 26.8 Å². The van der Waals surface area contributed by atoms with Crippen LogP contribution in [0.5, 0.6) is 0 Å². The van der Waals surface area contributed by atoms with Gasteiger partial charge in [0.1, 0.15) is 10.9 Å². The molecule has 9 heteroatoms. The number of carbonyl (C=O) groups is 1. The number of ether oxygens (including phenoxy) is 2. The molecule has 2 fully saturated rings. The van der Waals surface area contributed by atoms with Crippen LogP contribution in [0, 0.1) is 0 Å². The molecule has 3 heterocycles. The molecule has 0 unspecified atom stereocenters. The molecule has 2 aliphatic rings. The Labute approximate surface area is 198 Å². The number of rotatable bonds is 6. The first-order chi connectivity index (χ1) is 16.5. The number of sulfonamides is 1. The summed E-state index contributed by atoms with van der Waals surface area (Å²) in [5.74, 6) is -0.867. The van der Waals surface area contributed by atoms with Crippen LogP contribution in [0.25, 0.3) is 10.9 Å². The van der Waals surface area contributed by atoms with Crippen LogP contribution in [0.1, 0.15) is 18.4 Å². The summed E-state index contributed by atoms with van der Waals surface area (Å²) in [4.78, 5) is 19.6. The van der Waals surface area contributed by atoms with Crippen LogP contribution < -0.4 is 4.72 Å². The molecule has 34 heavy (non-hydrogen) atoms. The van der Waals surface area contributed by atoms with Crippen LogP contribution in [0.15, 0.2) is 71.8 Å². The molecule has 0 bridgehead atoms. The number of nitrogens with one attached hydrogen (secondary N) is 1. The molecule has 1 N–H and O–H groups in total. The zero-order valence-corrected chi connectivity index (χ0v) is 19.5. The quantitative estimate of drug-likeness (QED) is 0.581. The average molecular weight is 482 g/mol. The lowest BCUT2D eigenvalue weighted by molar-refractivity contribution is -0.187. The van der Waals surface area contributed by atoms with E-state index in [0.29, 0.717) is 50.0 Å². The topological polar surface area (TPSA) is 97.8 Å². The maximum atomic E-state index is 13.6. The van der Waals surface area contributed by atoms with Crippen molar-refractivity contribution in [1.29, 1.82) is 0 Å². The van der Waals surface area contributed by atoms with Crippen molar-refractivity contribution in [2.45, 2.75) is 36.0 Å². The first kappa shape index (κ1) is 22.9. The van der Waals surface area contributed by atoms with Crippen molar-refractivity contribution in [1.82, 2.24) is 14.6 Å². The summed E-state index contributed by atoms with van der Waals surface area (Å²) in [5.41, 5.74) is 1.24. The molecule has 3 aromatic rings. The minimum absolute atomic E-state index is 0.0572. The Morgan fingerprint density at radius 2 is 1.71 bits per heavy atom. The summed E-state index contributed by atoms with van der Waals surface area (Å²) >= 11 is 0. The highest BCUT2D eigenvalue weighted by Gasteiger charge is 2.42. The molecule has 2 aliphatic heterocycles. The van der Waals surface area contributed by atoms with Crippen molar-refractivity contribution in [3.8, 4) is 0 Å². The molecule has 2 aromatic carbocycles. The highest BCUT2D eigenvalue weighted by molar-refractivity contribution is 7.89. The van der Waals surface area contributed by atoms with Gasteiger partial charge in [-0.05, 0) is 24.1 Å². The zero-order valence-electron chi connectivity index (χ0n) is 18.7. The van der Waals surface area contributed by atoms with Gasteiger partial charge in [0.25, 0.3) is 0 Å². The molecule has 0 radical (unpaired) electrons. The Kier molecular flexibility index (Phi) is 6.35. The summed E-state index contributed by atoms with van der Waals surface area (Å²) in [6.45, 7) is 2.01. The van der Waals surface area contributed by atoms with Gasteiger partial charge in [0, 0.05) is 37.5 Å². The second-order valence-corrected chi connectivity index (χ2v) is 10.3. The number of piperidine rings is 1. The van der Waals surface area contributed by atoms with Gasteiger partial charge in [0.05, 0.1) is 18.7 Å². The fourth-order valence-corrected chi connectivity index (χ4v) is 6.02. The van der Waals surface area contributed by atoms with E-state index in [-0.39, 0.29) is 17.2 Å². The number of hydrogen-bond donors (Lipinski definition) is 1. The van der Waals surface area contributed by atoms with Crippen LogP contribution >= 0.6 is 0 Å². The number of para-hydroxylation sites is 1. The molecule has 1 spiro atoms. The monoisotopic (exact) mass is 481 g/mol. The third-order valence-electron chi connectivity index (χ3n) is 6.41. The van der Waals surface area contributed by atoms with E-state index in [2.05, 4.69) is 9.71 Å². The van der Waals surface area contributed by atoms with E-state index >= 15 is 0 Å². The zero-order chi connectivity index (χ0) is 23.6. The smallest absolute Gasteiger partial charge is 0.243 e. The van der Waals surface area contributed by atoms with E-state index in [1.165, 1.54) is 6.07 Å². The Morgan fingerprint density at radius 1 is 1.00 bits per heavy atom. The van der Waals surface area contributed by atoms with E-state index in [1.807, 2.05) is 42.5 Å². The summed E-state index contributed by atoms with van der Waals surface area (Å²) in [6.07, 6.45) is 2.93. The van der Waals surface area contributed by atoms with E-state index in [0.717, 1.165) is 5.56 Å². The predicted molar refractivity (Wildman–Crippen MR) is 126 cm³/mol. The van der Waals surface area contributed by atoms with Crippen LogP contribution in [0.3, 0.4) is 0 Å². The van der Waals surface area contributed by atoms with Crippen molar-refractivity contribution < 1.29 is 22.7 Å². The first-order valence-electron chi connectivity index (χ1n) is 11.4. The molecule has 0 saturated carbocycles. The lowest BCUT2D eigenvalue weighted by Crippen LogP contribution is -2.54. The van der Waals surface area contributed by atoms with Gasteiger partial charge < -0.3 is 14.4 Å². The van der Waals surface area contributed by atoms with Crippen molar-refractivity contribution in [2.75, 3.05) is 26.3 Å². The molecule has 2 saturated heterocycles. The van der Waals surface area contributed by atoms with Gasteiger partial charge in [-0.2, -0.15) is 4.72 Å². The van der Waals surface area contributed by atoms with Gasteiger partial charge in [0.15, 0.2) is 5.79 Å². The van der Waals surface area contributed by atoms with E-state index < -0.39 is 21.9 Å². The molecule has 5 rings (SSSR count). The third-order valence-corrected chi connectivity index (χ3v) is 7.92. The molecule has 1 aromatic heterocycles. The first-order valence-corrected chi connectivity index (χ1v) is 12.9. The Hall–Kier alpha value is -2.85. The Bertz CT molecular complexity index is 1260. The lowest BCUT2D eigenvalue weighted by Gasteiger charge is -2.38. The summed E-state index contributed by atoms with van der Waals surface area (Å²) in [5, 5.41) is 0.717. The van der Waals surface area contributed by atoms with Gasteiger partial charge in [-0.25, -0.2) is 8.42 Å². The maximum Gasteiger partial charge on any atom is 0.243 e. The molecule has 1 amide bonds. The van der Waals surface area contributed by atoms with Gasteiger partial charge in [-0.15, -0.1) is 0 Å². The Balaban J connectivity index is 1.41. The lowest BCUT2D eigenvalue weighted by atomic mass is 10.0. The Morgan fingerprint density at radius 3 is 2.44 bits per heavy atom. The van der Waals surface area contributed by atoms with Gasteiger partial charge in [-0.3, -0.25) is 9.78 Å². The fraction of sp³-hybridized carbons (Fsp3) is 0.360.